The van der Waals surface area contributed by atoms with E-state index in [1.54, 1.807) is 48.5 Å². The van der Waals surface area contributed by atoms with E-state index < -0.39 is 29.2 Å². The molecular weight excluding hydrogens is 464 g/mol. The number of carbonyl (C=O) groups excluding carboxylic acids is 2. The van der Waals surface area contributed by atoms with E-state index in [0.29, 0.717) is 28.9 Å². The van der Waals surface area contributed by atoms with Crippen LogP contribution in [0.5, 0.6) is 5.75 Å². The van der Waals surface area contributed by atoms with Crippen LogP contribution >= 0.6 is 0 Å². The average Bonchev–Trinajstić information content (AvgIpc) is 3.18. The van der Waals surface area contributed by atoms with Crippen molar-refractivity contribution in [3.63, 3.8) is 0 Å². The number of fused-ring (bicyclic) bond motifs is 1. The molecule has 1 amide bonds. The summed E-state index contributed by atoms with van der Waals surface area (Å²) in [4.78, 5) is 55.0. The number of hydrogen-bond acceptors (Lipinski definition) is 7. The SMILES string of the molecule is CCCCn1c(N)c(N(Cc2ccccc2OC)C(=O)C[C@@H]2OC(=O)c3ccccc32)c(=O)[nH]c1=O. The van der Waals surface area contributed by atoms with Crippen LogP contribution in [0, 0.1) is 0 Å². The lowest BCUT2D eigenvalue weighted by Gasteiger charge is -2.26. The first-order chi connectivity index (χ1) is 17.3. The van der Waals surface area contributed by atoms with Crippen molar-refractivity contribution in [2.24, 2.45) is 0 Å². The van der Waals surface area contributed by atoms with E-state index in [4.69, 9.17) is 15.2 Å². The number of ether oxygens (including phenoxy) is 2. The molecule has 0 unspecified atom stereocenters. The van der Waals surface area contributed by atoms with Crippen molar-refractivity contribution in [2.45, 2.75) is 45.4 Å². The molecule has 0 fully saturated rings. The largest absolute Gasteiger partial charge is 0.496 e. The third-order valence-corrected chi connectivity index (χ3v) is 6.18. The number of unbranched alkanes of at least 4 members (excludes halogenated alkanes) is 1. The maximum Gasteiger partial charge on any atom is 0.339 e. The number of nitrogens with two attached hydrogens (primary N) is 1. The zero-order chi connectivity index (χ0) is 25.8. The van der Waals surface area contributed by atoms with Gasteiger partial charge in [-0.1, -0.05) is 49.7 Å². The van der Waals surface area contributed by atoms with E-state index in [-0.39, 0.29) is 31.0 Å². The van der Waals surface area contributed by atoms with Crippen LogP contribution in [0.3, 0.4) is 0 Å². The van der Waals surface area contributed by atoms with Crippen LogP contribution in [-0.4, -0.2) is 28.5 Å². The molecule has 0 radical (unpaired) electrons. The van der Waals surface area contributed by atoms with Gasteiger partial charge in [-0.3, -0.25) is 24.0 Å². The van der Waals surface area contributed by atoms with E-state index in [9.17, 15) is 19.2 Å². The highest BCUT2D eigenvalue weighted by atomic mass is 16.5. The fourth-order valence-electron chi connectivity index (χ4n) is 4.31. The monoisotopic (exact) mass is 492 g/mol. The molecule has 2 heterocycles. The number of carbonyl (C=O) groups is 2. The van der Waals surface area contributed by atoms with Crippen LogP contribution in [0.2, 0.25) is 0 Å². The van der Waals surface area contributed by atoms with E-state index >= 15 is 0 Å². The molecule has 0 bridgehead atoms. The van der Waals surface area contributed by atoms with Gasteiger partial charge in [0.15, 0.2) is 5.69 Å². The van der Waals surface area contributed by atoms with Gasteiger partial charge in [-0.2, -0.15) is 0 Å². The number of hydrogen-bond donors (Lipinski definition) is 2. The summed E-state index contributed by atoms with van der Waals surface area (Å²) in [6, 6.07) is 13.9. The van der Waals surface area contributed by atoms with Crippen molar-refractivity contribution >= 4 is 23.4 Å². The Morgan fingerprint density at radius 1 is 1.14 bits per heavy atom. The second kappa shape index (κ2) is 10.5. The maximum atomic E-state index is 13.7. The summed E-state index contributed by atoms with van der Waals surface area (Å²) < 4.78 is 12.1. The molecule has 0 saturated carbocycles. The van der Waals surface area contributed by atoms with Crippen LogP contribution in [0.25, 0.3) is 0 Å². The van der Waals surface area contributed by atoms with Gasteiger partial charge >= 0.3 is 11.7 Å². The number of nitrogen functional groups attached to an aromatic ring is 1. The Hall–Kier alpha value is -4.34. The maximum absolute atomic E-state index is 13.7. The fraction of sp³-hybridized carbons (Fsp3) is 0.308. The molecule has 4 rings (SSSR count). The normalized spacial score (nSPS) is 14.3. The summed E-state index contributed by atoms with van der Waals surface area (Å²) in [5.74, 6) is -0.607. The van der Waals surface area contributed by atoms with Gasteiger partial charge in [0.1, 0.15) is 17.7 Å². The third-order valence-electron chi connectivity index (χ3n) is 6.18. The first kappa shape index (κ1) is 24.8. The smallest absolute Gasteiger partial charge is 0.339 e. The molecule has 10 heteroatoms. The zero-order valence-corrected chi connectivity index (χ0v) is 20.2. The first-order valence-electron chi connectivity index (χ1n) is 11.7. The number of H-pyrrole nitrogens is 1. The predicted molar refractivity (Wildman–Crippen MR) is 134 cm³/mol. The van der Waals surface area contributed by atoms with Gasteiger partial charge in [0.2, 0.25) is 5.91 Å². The lowest BCUT2D eigenvalue weighted by Crippen LogP contribution is -2.41. The van der Waals surface area contributed by atoms with E-state index in [1.807, 2.05) is 6.92 Å². The molecule has 3 N–H and O–H groups in total. The minimum atomic E-state index is -0.812. The van der Waals surface area contributed by atoms with Crippen LogP contribution < -0.4 is 26.6 Å². The van der Waals surface area contributed by atoms with Crippen molar-refractivity contribution in [1.82, 2.24) is 9.55 Å². The lowest BCUT2D eigenvalue weighted by atomic mass is 10.0. The molecule has 3 aromatic rings. The molecule has 188 valence electrons. The first-order valence-corrected chi connectivity index (χ1v) is 11.7. The summed E-state index contributed by atoms with van der Waals surface area (Å²) >= 11 is 0. The topological polar surface area (TPSA) is 137 Å². The minimum Gasteiger partial charge on any atom is -0.496 e. The second-order valence-corrected chi connectivity index (χ2v) is 8.48. The van der Waals surface area contributed by atoms with Crippen molar-refractivity contribution < 1.29 is 19.1 Å². The van der Waals surface area contributed by atoms with Gasteiger partial charge in [0, 0.05) is 17.7 Å². The molecule has 1 atom stereocenters. The number of benzene rings is 2. The average molecular weight is 493 g/mol. The Morgan fingerprint density at radius 2 is 1.86 bits per heavy atom. The second-order valence-electron chi connectivity index (χ2n) is 8.48. The molecule has 10 nitrogen and oxygen atoms in total. The molecule has 1 aromatic heterocycles. The lowest BCUT2D eigenvalue weighted by molar-refractivity contribution is -0.120. The number of cyclic esters (lactones) is 1. The highest BCUT2D eigenvalue weighted by Crippen LogP contribution is 2.34. The van der Waals surface area contributed by atoms with Crippen LogP contribution in [-0.2, 0) is 22.6 Å². The summed E-state index contributed by atoms with van der Waals surface area (Å²) in [6.45, 7) is 2.20. The van der Waals surface area contributed by atoms with Gasteiger partial charge in [0.05, 0.1) is 25.6 Å². The summed E-state index contributed by atoms with van der Waals surface area (Å²) in [5.41, 5.74) is 6.39. The number of nitrogens with one attached hydrogen (secondary N) is 1. The molecule has 0 saturated heterocycles. The number of anilines is 2. The van der Waals surface area contributed by atoms with E-state index in [1.165, 1.54) is 16.6 Å². The Balaban J connectivity index is 1.77. The molecule has 2 aromatic carbocycles. The highest BCUT2D eigenvalue weighted by Gasteiger charge is 2.35. The predicted octanol–water partition coefficient (Wildman–Crippen LogP) is 2.76. The number of aromatic amines is 1. The van der Waals surface area contributed by atoms with Crippen molar-refractivity contribution in [3.05, 3.63) is 86.1 Å². The number of esters is 1. The van der Waals surface area contributed by atoms with Crippen LogP contribution in [0.15, 0.2) is 58.1 Å². The molecule has 36 heavy (non-hydrogen) atoms. The quantitative estimate of drug-likeness (QED) is 0.438. The molecule has 1 aliphatic heterocycles. The van der Waals surface area contributed by atoms with Crippen molar-refractivity contribution in [3.8, 4) is 5.75 Å². The number of aromatic nitrogens is 2. The highest BCUT2D eigenvalue weighted by molar-refractivity contribution is 5.98. The van der Waals surface area contributed by atoms with Gasteiger partial charge < -0.3 is 15.2 Å². The summed E-state index contributed by atoms with van der Waals surface area (Å²) in [6.07, 6.45) is 0.430. The zero-order valence-electron chi connectivity index (χ0n) is 20.2. The Morgan fingerprint density at radius 3 is 2.61 bits per heavy atom. The van der Waals surface area contributed by atoms with Crippen LogP contribution in [0.1, 0.15) is 53.8 Å². The number of amides is 1. The van der Waals surface area contributed by atoms with Gasteiger partial charge in [-0.05, 0) is 18.6 Å². The molecule has 0 spiro atoms. The van der Waals surface area contributed by atoms with Crippen molar-refractivity contribution in [2.75, 3.05) is 17.7 Å². The number of methoxy groups -OCH3 is 1. The van der Waals surface area contributed by atoms with Gasteiger partial charge in [0.25, 0.3) is 5.56 Å². The van der Waals surface area contributed by atoms with Crippen molar-refractivity contribution in [1.29, 1.82) is 0 Å². The number of para-hydroxylation sites is 1. The summed E-state index contributed by atoms with van der Waals surface area (Å²) in [5, 5.41) is 0. The van der Waals surface area contributed by atoms with Crippen LogP contribution in [0.4, 0.5) is 11.5 Å². The Bertz CT molecular complexity index is 1410. The fourth-order valence-corrected chi connectivity index (χ4v) is 4.31. The molecule has 1 aliphatic rings. The molecular formula is C26H28N4O6. The number of nitrogens with zero attached hydrogens (tertiary/aromatic N) is 2. The number of rotatable bonds is 9. The molecule has 0 aliphatic carbocycles. The standard InChI is InChI=1S/C26H28N4O6/c1-3-4-13-29-23(27)22(24(32)28-26(29)34)30(15-16-9-5-8-12-19(16)35-2)21(31)14-20-17-10-6-7-11-18(17)25(33)36-20/h5-12,20H,3-4,13-15,27H2,1-2H3,(H,28,32,34)/t20-/m0/s1. The van der Waals surface area contributed by atoms with Gasteiger partial charge in [-0.15, -0.1) is 0 Å². The Kier molecular flexibility index (Phi) is 7.23. The Labute approximate surface area is 207 Å². The minimum absolute atomic E-state index is 0.0512. The van der Waals surface area contributed by atoms with E-state index in [0.717, 1.165) is 6.42 Å². The summed E-state index contributed by atoms with van der Waals surface area (Å²) in [7, 11) is 1.51. The van der Waals surface area contributed by atoms with Gasteiger partial charge in [-0.25, -0.2) is 9.59 Å². The third kappa shape index (κ3) is 4.74. The van der Waals surface area contributed by atoms with E-state index in [2.05, 4.69) is 4.98 Å².